The number of amides is 1. The van der Waals surface area contributed by atoms with Crippen molar-refractivity contribution < 1.29 is 39.2 Å². The Morgan fingerprint density at radius 2 is 2.12 bits per heavy atom. The molecular weight excluding hydrogens is 340 g/mol. The summed E-state index contributed by atoms with van der Waals surface area (Å²) in [6.07, 6.45) is -4.38. The molecular formula is C13H18N4O8. The van der Waals surface area contributed by atoms with Gasteiger partial charge in [0.25, 0.3) is 5.91 Å². The van der Waals surface area contributed by atoms with E-state index in [-0.39, 0.29) is 11.7 Å². The van der Waals surface area contributed by atoms with Gasteiger partial charge in [-0.15, -0.1) is 0 Å². The third-order valence-corrected chi connectivity index (χ3v) is 3.70. The quantitative estimate of drug-likeness (QED) is 0.229. The zero-order valence-corrected chi connectivity index (χ0v) is 12.9. The molecule has 0 saturated carbocycles. The van der Waals surface area contributed by atoms with Gasteiger partial charge in [0.1, 0.15) is 37.0 Å². The van der Waals surface area contributed by atoms with Crippen molar-refractivity contribution in [1.82, 2.24) is 9.55 Å². The van der Waals surface area contributed by atoms with E-state index in [0.29, 0.717) is 6.29 Å². The number of aromatic nitrogens is 2. The summed E-state index contributed by atoms with van der Waals surface area (Å²) in [7, 11) is 0. The molecule has 2 rings (SSSR count). The number of primary amides is 1. The average Bonchev–Trinajstić information content (AvgIpc) is 3.07. The zero-order valence-electron chi connectivity index (χ0n) is 12.9. The predicted octanol–water partition coefficient (Wildman–Crippen LogP) is -3.53. The van der Waals surface area contributed by atoms with Crippen molar-refractivity contribution in [2.75, 3.05) is 12.3 Å². The highest BCUT2D eigenvalue weighted by molar-refractivity contribution is 6.37. The number of aldehydes is 1. The molecule has 2 unspecified atom stereocenters. The molecule has 1 aromatic rings. The summed E-state index contributed by atoms with van der Waals surface area (Å²) < 4.78 is 11.5. The number of nitrogens with zero attached hydrogens (tertiary/aromatic N) is 2. The number of carbonyl (C=O) groups is 3. The lowest BCUT2D eigenvalue weighted by molar-refractivity contribution is -0.139. The molecule has 0 spiro atoms. The van der Waals surface area contributed by atoms with E-state index in [9.17, 15) is 24.6 Å². The standard InChI is InChI=1S/C13H18N4O8/c14-10-12(25-13-9(22)8(21)6(3-19)24-13)17(4-16-10)5(1-2-18)7(20)11(15)23/h2,4-6,8-9,13,19,21-22H,1,3,14H2,(H2,15,23)/t5?,6-,8-,9-,13?/m1/s1. The highest BCUT2D eigenvalue weighted by Gasteiger charge is 2.45. The molecule has 1 aromatic heterocycles. The van der Waals surface area contributed by atoms with Crippen molar-refractivity contribution in [3.8, 4) is 5.88 Å². The molecule has 1 amide bonds. The Balaban J connectivity index is 2.30. The van der Waals surface area contributed by atoms with E-state index in [0.717, 1.165) is 10.9 Å². The fourth-order valence-corrected chi connectivity index (χ4v) is 2.38. The number of ether oxygens (including phenoxy) is 2. The van der Waals surface area contributed by atoms with Crippen LogP contribution < -0.4 is 16.2 Å². The van der Waals surface area contributed by atoms with Gasteiger partial charge in [0.05, 0.1) is 6.61 Å². The van der Waals surface area contributed by atoms with Crippen LogP contribution in [-0.2, 0) is 19.1 Å². The predicted molar refractivity (Wildman–Crippen MR) is 78.9 cm³/mol. The van der Waals surface area contributed by atoms with Gasteiger partial charge in [0, 0.05) is 6.42 Å². The Morgan fingerprint density at radius 3 is 2.64 bits per heavy atom. The minimum atomic E-state index is -1.52. The monoisotopic (exact) mass is 358 g/mol. The van der Waals surface area contributed by atoms with Crippen molar-refractivity contribution in [1.29, 1.82) is 0 Å². The molecule has 12 nitrogen and oxygen atoms in total. The van der Waals surface area contributed by atoms with Crippen LogP contribution >= 0.6 is 0 Å². The molecule has 0 aromatic carbocycles. The van der Waals surface area contributed by atoms with Crippen LogP contribution in [0.15, 0.2) is 6.33 Å². The van der Waals surface area contributed by atoms with E-state index >= 15 is 0 Å². The maximum atomic E-state index is 11.9. The Kier molecular flexibility index (Phi) is 5.69. The van der Waals surface area contributed by atoms with Gasteiger partial charge in [0.2, 0.25) is 18.0 Å². The number of nitrogens with two attached hydrogens (primary N) is 2. The Hall–Kier alpha value is -2.54. The van der Waals surface area contributed by atoms with E-state index < -0.39 is 55.4 Å². The van der Waals surface area contributed by atoms with Gasteiger partial charge in [-0.3, -0.25) is 14.2 Å². The summed E-state index contributed by atoms with van der Waals surface area (Å²) in [6, 6.07) is -1.34. The van der Waals surface area contributed by atoms with E-state index in [1.165, 1.54) is 0 Å². The molecule has 5 atom stereocenters. The summed E-state index contributed by atoms with van der Waals surface area (Å²) in [4.78, 5) is 37.6. The van der Waals surface area contributed by atoms with E-state index in [4.69, 9.17) is 26.0 Å². The van der Waals surface area contributed by atoms with Gasteiger partial charge < -0.3 is 41.1 Å². The van der Waals surface area contributed by atoms with Gasteiger partial charge in [0.15, 0.2) is 5.82 Å². The zero-order chi connectivity index (χ0) is 18.7. The summed E-state index contributed by atoms with van der Waals surface area (Å²) >= 11 is 0. The highest BCUT2D eigenvalue weighted by Crippen LogP contribution is 2.31. The number of hydrogen-bond donors (Lipinski definition) is 5. The van der Waals surface area contributed by atoms with Gasteiger partial charge in [-0.2, -0.15) is 0 Å². The van der Waals surface area contributed by atoms with E-state index in [2.05, 4.69) is 4.98 Å². The van der Waals surface area contributed by atoms with Gasteiger partial charge in [-0.25, -0.2) is 4.98 Å². The number of ketones is 1. The van der Waals surface area contributed by atoms with Crippen LogP contribution in [0.4, 0.5) is 5.82 Å². The maximum Gasteiger partial charge on any atom is 0.287 e. The first kappa shape index (κ1) is 18.8. The second-order valence-corrected chi connectivity index (χ2v) is 5.31. The molecule has 2 heterocycles. The minimum Gasteiger partial charge on any atom is -0.443 e. The van der Waals surface area contributed by atoms with Crippen LogP contribution in [0.1, 0.15) is 12.5 Å². The molecule has 1 aliphatic rings. The third kappa shape index (κ3) is 3.61. The van der Waals surface area contributed by atoms with Crippen LogP contribution in [0.5, 0.6) is 5.88 Å². The Morgan fingerprint density at radius 1 is 1.44 bits per heavy atom. The Bertz CT molecular complexity index is 662. The average molecular weight is 358 g/mol. The molecule has 1 aliphatic heterocycles. The molecule has 0 radical (unpaired) electrons. The number of imidazole rings is 1. The summed E-state index contributed by atoms with van der Waals surface area (Å²) in [6.45, 7) is -0.569. The molecule has 1 saturated heterocycles. The normalized spacial score (nSPS) is 27.0. The van der Waals surface area contributed by atoms with Crippen molar-refractivity contribution in [2.45, 2.75) is 37.1 Å². The third-order valence-electron chi connectivity index (χ3n) is 3.70. The van der Waals surface area contributed by atoms with Gasteiger partial charge >= 0.3 is 0 Å². The topological polar surface area (TPSA) is 200 Å². The van der Waals surface area contributed by atoms with Crippen molar-refractivity contribution in [2.24, 2.45) is 5.73 Å². The second kappa shape index (κ2) is 7.57. The van der Waals surface area contributed by atoms with E-state index in [1.54, 1.807) is 0 Å². The molecule has 138 valence electrons. The summed E-state index contributed by atoms with van der Waals surface area (Å²) in [5.41, 5.74) is 10.6. The Labute approximate surface area is 140 Å². The van der Waals surface area contributed by atoms with Crippen LogP contribution in [-0.4, -0.2) is 74.1 Å². The number of aliphatic hydroxyl groups is 3. The number of anilines is 1. The first-order chi connectivity index (χ1) is 11.8. The molecule has 0 bridgehead atoms. The van der Waals surface area contributed by atoms with Crippen LogP contribution in [0, 0.1) is 0 Å². The number of hydrogen-bond acceptors (Lipinski definition) is 10. The lowest BCUT2D eigenvalue weighted by Gasteiger charge is -2.21. The molecule has 25 heavy (non-hydrogen) atoms. The fraction of sp³-hybridized carbons (Fsp3) is 0.538. The molecule has 7 N–H and O–H groups in total. The van der Waals surface area contributed by atoms with Crippen LogP contribution in [0.2, 0.25) is 0 Å². The maximum absolute atomic E-state index is 11.9. The highest BCUT2D eigenvalue weighted by atomic mass is 16.7. The summed E-state index contributed by atoms with van der Waals surface area (Å²) in [5, 5.41) is 28.7. The van der Waals surface area contributed by atoms with Crippen LogP contribution in [0.3, 0.4) is 0 Å². The van der Waals surface area contributed by atoms with E-state index in [1.807, 2.05) is 0 Å². The van der Waals surface area contributed by atoms with Crippen molar-refractivity contribution >= 4 is 23.8 Å². The molecule has 1 fully saturated rings. The van der Waals surface area contributed by atoms with Gasteiger partial charge in [-0.05, 0) is 0 Å². The smallest absolute Gasteiger partial charge is 0.287 e. The number of carbonyl (C=O) groups excluding carboxylic acids is 3. The molecule has 0 aliphatic carbocycles. The molecule has 12 heteroatoms. The number of Topliss-reactive ketones (excluding diaryl/α,β-unsaturated/α-hetero) is 1. The van der Waals surface area contributed by atoms with Gasteiger partial charge in [-0.1, -0.05) is 0 Å². The summed E-state index contributed by atoms with van der Waals surface area (Å²) in [5.74, 6) is -2.82. The largest absolute Gasteiger partial charge is 0.443 e. The SMILES string of the molecule is NC(=O)C(=O)C(CC=O)n1cnc(N)c1OC1O[C@H](CO)[C@@H](O)[C@H]1O. The minimum absolute atomic E-state index is 0.217. The number of aliphatic hydroxyl groups excluding tert-OH is 3. The first-order valence-electron chi connectivity index (χ1n) is 7.20. The van der Waals surface area contributed by atoms with Crippen LogP contribution in [0.25, 0.3) is 0 Å². The first-order valence-corrected chi connectivity index (χ1v) is 7.20. The lowest BCUT2D eigenvalue weighted by atomic mass is 10.1. The lowest BCUT2D eigenvalue weighted by Crippen LogP contribution is -2.37. The number of rotatable bonds is 8. The fourth-order valence-electron chi connectivity index (χ4n) is 2.38. The van der Waals surface area contributed by atoms with Crippen molar-refractivity contribution in [3.63, 3.8) is 0 Å². The number of nitrogen functional groups attached to an aromatic ring is 1. The second-order valence-electron chi connectivity index (χ2n) is 5.31. The van der Waals surface area contributed by atoms with Crippen molar-refractivity contribution in [3.05, 3.63) is 6.33 Å².